The SMILES string of the molecule is Cc1nc(CCOc2cccc(N(C)C)c2)sc1CC(=O)O. The summed E-state index contributed by atoms with van der Waals surface area (Å²) >= 11 is 1.45. The minimum atomic E-state index is -0.824. The van der Waals surface area contributed by atoms with Crippen LogP contribution in [0.25, 0.3) is 0 Å². The lowest BCUT2D eigenvalue weighted by Crippen LogP contribution is -2.08. The van der Waals surface area contributed by atoms with Crippen molar-refractivity contribution in [1.82, 2.24) is 4.98 Å². The Labute approximate surface area is 134 Å². The highest BCUT2D eigenvalue weighted by molar-refractivity contribution is 7.11. The average Bonchev–Trinajstić information content (AvgIpc) is 2.78. The molecule has 1 heterocycles. The van der Waals surface area contributed by atoms with E-state index in [1.165, 1.54) is 11.3 Å². The molecule has 0 radical (unpaired) electrons. The van der Waals surface area contributed by atoms with E-state index >= 15 is 0 Å². The molecular formula is C16H20N2O3S. The van der Waals surface area contributed by atoms with Gasteiger partial charge in [-0.3, -0.25) is 4.79 Å². The Morgan fingerprint density at radius 3 is 2.86 bits per heavy atom. The van der Waals surface area contributed by atoms with Gasteiger partial charge in [0.2, 0.25) is 0 Å². The summed E-state index contributed by atoms with van der Waals surface area (Å²) in [5.74, 6) is 0.000267. The zero-order valence-corrected chi connectivity index (χ0v) is 13.8. The summed E-state index contributed by atoms with van der Waals surface area (Å²) in [5, 5.41) is 9.76. The lowest BCUT2D eigenvalue weighted by Gasteiger charge is -2.13. The summed E-state index contributed by atoms with van der Waals surface area (Å²) < 4.78 is 5.75. The molecule has 0 unspecified atom stereocenters. The molecule has 0 bridgehead atoms. The smallest absolute Gasteiger partial charge is 0.308 e. The van der Waals surface area contributed by atoms with Gasteiger partial charge in [-0.05, 0) is 19.1 Å². The number of thiazole rings is 1. The van der Waals surface area contributed by atoms with Crippen molar-refractivity contribution in [1.29, 1.82) is 0 Å². The van der Waals surface area contributed by atoms with Crippen LogP contribution in [0.3, 0.4) is 0 Å². The fourth-order valence-corrected chi connectivity index (χ4v) is 3.05. The lowest BCUT2D eigenvalue weighted by atomic mass is 10.3. The molecule has 0 fully saturated rings. The predicted molar refractivity (Wildman–Crippen MR) is 88.2 cm³/mol. The number of carboxylic acids is 1. The van der Waals surface area contributed by atoms with Crippen molar-refractivity contribution in [2.24, 2.45) is 0 Å². The number of hydrogen-bond acceptors (Lipinski definition) is 5. The van der Waals surface area contributed by atoms with Crippen LogP contribution in [0.5, 0.6) is 5.75 Å². The first-order valence-corrected chi connectivity index (χ1v) is 7.84. The second kappa shape index (κ2) is 7.26. The fraction of sp³-hybridized carbons (Fsp3) is 0.375. The Bertz CT molecular complexity index is 653. The van der Waals surface area contributed by atoms with Crippen LogP contribution in [-0.2, 0) is 17.6 Å². The number of hydrogen-bond donors (Lipinski definition) is 1. The van der Waals surface area contributed by atoms with Crippen LogP contribution in [0, 0.1) is 6.92 Å². The van der Waals surface area contributed by atoms with Gasteiger partial charge in [0, 0.05) is 37.1 Å². The second-order valence-electron chi connectivity index (χ2n) is 5.18. The van der Waals surface area contributed by atoms with Gasteiger partial charge >= 0.3 is 5.97 Å². The topological polar surface area (TPSA) is 62.7 Å². The van der Waals surface area contributed by atoms with E-state index in [4.69, 9.17) is 9.84 Å². The highest BCUT2D eigenvalue weighted by Gasteiger charge is 2.11. The number of benzene rings is 1. The zero-order valence-electron chi connectivity index (χ0n) is 13.0. The summed E-state index contributed by atoms with van der Waals surface area (Å²) in [4.78, 5) is 18.0. The van der Waals surface area contributed by atoms with Gasteiger partial charge in [-0.25, -0.2) is 4.98 Å². The third-order valence-corrected chi connectivity index (χ3v) is 4.38. The van der Waals surface area contributed by atoms with Crippen LogP contribution < -0.4 is 9.64 Å². The molecule has 1 aromatic carbocycles. The second-order valence-corrected chi connectivity index (χ2v) is 6.35. The number of anilines is 1. The standard InChI is InChI=1S/C16H20N2O3S/c1-11-14(10-16(19)20)22-15(17-11)7-8-21-13-6-4-5-12(9-13)18(2)3/h4-6,9H,7-8,10H2,1-3H3,(H,19,20). The van der Waals surface area contributed by atoms with Crippen LogP contribution in [0.1, 0.15) is 15.6 Å². The predicted octanol–water partition coefficient (Wildman–Crippen LogP) is 2.77. The van der Waals surface area contributed by atoms with E-state index in [9.17, 15) is 4.79 Å². The summed E-state index contributed by atoms with van der Waals surface area (Å²) in [6.07, 6.45) is 0.715. The van der Waals surface area contributed by atoms with Crippen molar-refractivity contribution in [3.05, 3.63) is 39.8 Å². The van der Waals surface area contributed by atoms with Gasteiger partial charge in [-0.15, -0.1) is 11.3 Å². The number of carboxylic acid groups (broad SMARTS) is 1. The molecular weight excluding hydrogens is 300 g/mol. The molecule has 0 aliphatic carbocycles. The number of carbonyl (C=O) groups is 1. The number of rotatable bonds is 7. The summed E-state index contributed by atoms with van der Waals surface area (Å²) in [6, 6.07) is 7.90. The van der Waals surface area contributed by atoms with Crippen LogP contribution >= 0.6 is 11.3 Å². The van der Waals surface area contributed by atoms with E-state index in [-0.39, 0.29) is 6.42 Å². The van der Waals surface area contributed by atoms with Crippen molar-refractivity contribution in [3.63, 3.8) is 0 Å². The number of nitrogens with zero attached hydrogens (tertiary/aromatic N) is 2. The van der Waals surface area contributed by atoms with Gasteiger partial charge in [-0.1, -0.05) is 6.07 Å². The largest absolute Gasteiger partial charge is 0.493 e. The van der Waals surface area contributed by atoms with Crippen molar-refractivity contribution in [3.8, 4) is 5.75 Å². The Balaban J connectivity index is 1.91. The quantitative estimate of drug-likeness (QED) is 0.850. The molecule has 6 heteroatoms. The van der Waals surface area contributed by atoms with E-state index < -0.39 is 5.97 Å². The molecule has 0 aliphatic rings. The van der Waals surface area contributed by atoms with Crippen molar-refractivity contribution < 1.29 is 14.6 Å². The molecule has 0 saturated heterocycles. The molecule has 0 aliphatic heterocycles. The van der Waals surface area contributed by atoms with Crippen LogP contribution in [0.15, 0.2) is 24.3 Å². The molecule has 22 heavy (non-hydrogen) atoms. The zero-order chi connectivity index (χ0) is 16.1. The van der Waals surface area contributed by atoms with Crippen molar-refractivity contribution in [2.45, 2.75) is 19.8 Å². The van der Waals surface area contributed by atoms with Crippen LogP contribution in [0.2, 0.25) is 0 Å². The minimum absolute atomic E-state index is 0.0369. The number of aromatic nitrogens is 1. The molecule has 2 rings (SSSR count). The normalized spacial score (nSPS) is 10.5. The lowest BCUT2D eigenvalue weighted by molar-refractivity contribution is -0.136. The Kier molecular flexibility index (Phi) is 5.38. The first-order chi connectivity index (χ1) is 10.5. The Hall–Kier alpha value is -2.08. The van der Waals surface area contributed by atoms with Gasteiger partial charge in [0.1, 0.15) is 5.75 Å². The van der Waals surface area contributed by atoms with Gasteiger partial charge in [-0.2, -0.15) is 0 Å². The van der Waals surface area contributed by atoms with Crippen LogP contribution in [-0.4, -0.2) is 36.8 Å². The maximum absolute atomic E-state index is 10.8. The third kappa shape index (κ3) is 4.46. The molecule has 2 aromatic rings. The maximum Gasteiger partial charge on any atom is 0.308 e. The molecule has 118 valence electrons. The van der Waals surface area contributed by atoms with Crippen LogP contribution in [0.4, 0.5) is 5.69 Å². The van der Waals surface area contributed by atoms with E-state index in [0.717, 1.165) is 27.0 Å². The Morgan fingerprint density at radius 1 is 1.41 bits per heavy atom. The van der Waals surface area contributed by atoms with E-state index in [0.29, 0.717) is 13.0 Å². The minimum Gasteiger partial charge on any atom is -0.493 e. The highest BCUT2D eigenvalue weighted by atomic mass is 32.1. The van der Waals surface area contributed by atoms with Gasteiger partial charge in [0.15, 0.2) is 0 Å². The molecule has 0 amide bonds. The van der Waals surface area contributed by atoms with E-state index in [1.807, 2.05) is 50.2 Å². The van der Waals surface area contributed by atoms with Gasteiger partial charge in [0.05, 0.1) is 23.7 Å². The molecule has 0 saturated carbocycles. The fourth-order valence-electron chi connectivity index (χ4n) is 2.00. The molecule has 5 nitrogen and oxygen atoms in total. The summed E-state index contributed by atoms with van der Waals surface area (Å²) in [6.45, 7) is 2.37. The highest BCUT2D eigenvalue weighted by Crippen LogP contribution is 2.21. The van der Waals surface area contributed by atoms with E-state index in [2.05, 4.69) is 4.98 Å². The van der Waals surface area contributed by atoms with Crippen molar-refractivity contribution >= 4 is 23.0 Å². The monoisotopic (exact) mass is 320 g/mol. The Morgan fingerprint density at radius 2 is 2.18 bits per heavy atom. The summed E-state index contributed by atoms with van der Waals surface area (Å²) in [7, 11) is 3.98. The molecule has 0 spiro atoms. The first kappa shape index (κ1) is 16.3. The maximum atomic E-state index is 10.8. The third-order valence-electron chi connectivity index (χ3n) is 3.17. The number of aryl methyl sites for hydroxylation is 1. The van der Waals surface area contributed by atoms with Crippen molar-refractivity contribution in [2.75, 3.05) is 25.6 Å². The van der Waals surface area contributed by atoms with Gasteiger partial charge < -0.3 is 14.7 Å². The number of aliphatic carboxylic acids is 1. The summed E-state index contributed by atoms with van der Waals surface area (Å²) in [5.41, 5.74) is 1.89. The molecule has 0 atom stereocenters. The van der Waals surface area contributed by atoms with E-state index in [1.54, 1.807) is 0 Å². The average molecular weight is 320 g/mol. The molecule has 1 N–H and O–H groups in total. The molecule has 1 aromatic heterocycles. The first-order valence-electron chi connectivity index (χ1n) is 7.03. The van der Waals surface area contributed by atoms with Gasteiger partial charge in [0.25, 0.3) is 0 Å². The number of ether oxygens (including phenoxy) is 1.